The summed E-state index contributed by atoms with van der Waals surface area (Å²) in [6.45, 7) is 1.55. The quantitative estimate of drug-likeness (QED) is 0.697. The van der Waals surface area contributed by atoms with Crippen LogP contribution in [0.25, 0.3) is 0 Å². The normalized spacial score (nSPS) is 13.7. The molecule has 0 heterocycles. The van der Waals surface area contributed by atoms with Crippen LogP contribution in [0.2, 0.25) is 0 Å². The van der Waals surface area contributed by atoms with Crippen molar-refractivity contribution in [1.82, 2.24) is 5.32 Å². The Kier molecular flexibility index (Phi) is 6.18. The highest BCUT2D eigenvalue weighted by atomic mass is 16.5. The number of aliphatic hydroxyl groups excluding tert-OH is 2. The lowest BCUT2D eigenvalue weighted by Gasteiger charge is -2.22. The van der Waals surface area contributed by atoms with Gasteiger partial charge >= 0.3 is 6.09 Å². The van der Waals surface area contributed by atoms with E-state index in [0.717, 1.165) is 5.56 Å². The monoisotopic (exact) mass is 253 g/mol. The number of ether oxygens (including phenoxy) is 1. The molecule has 0 fully saturated rings. The van der Waals surface area contributed by atoms with E-state index in [4.69, 9.17) is 9.84 Å². The third kappa shape index (κ3) is 4.73. The zero-order chi connectivity index (χ0) is 13.4. The van der Waals surface area contributed by atoms with Gasteiger partial charge in [0, 0.05) is 0 Å². The van der Waals surface area contributed by atoms with Gasteiger partial charge in [-0.15, -0.1) is 0 Å². The number of aliphatic hydroxyl groups is 2. The second-order valence-corrected chi connectivity index (χ2v) is 3.91. The number of alkyl carbamates (subject to hydrolysis) is 1. The van der Waals surface area contributed by atoms with Crippen molar-refractivity contribution < 1.29 is 19.7 Å². The fourth-order valence-corrected chi connectivity index (χ4v) is 1.60. The minimum absolute atomic E-state index is 0.263. The number of amides is 1. The van der Waals surface area contributed by atoms with Crippen molar-refractivity contribution in [3.8, 4) is 0 Å². The zero-order valence-electron chi connectivity index (χ0n) is 10.4. The van der Waals surface area contributed by atoms with Gasteiger partial charge < -0.3 is 20.3 Å². The van der Waals surface area contributed by atoms with Gasteiger partial charge in [0.2, 0.25) is 0 Å². The molecule has 5 heteroatoms. The summed E-state index contributed by atoms with van der Waals surface area (Å²) in [5.74, 6) is 0. The van der Waals surface area contributed by atoms with Crippen molar-refractivity contribution in [2.24, 2.45) is 0 Å². The number of hydrogen-bond donors (Lipinski definition) is 3. The van der Waals surface area contributed by atoms with Gasteiger partial charge in [0.15, 0.2) is 0 Å². The maximum absolute atomic E-state index is 11.3. The Labute approximate surface area is 106 Å². The Balaban J connectivity index is 2.64. The summed E-state index contributed by atoms with van der Waals surface area (Å²) in [5, 5.41) is 21.2. The zero-order valence-corrected chi connectivity index (χ0v) is 10.4. The highest BCUT2D eigenvalue weighted by Crippen LogP contribution is 2.06. The van der Waals surface area contributed by atoms with E-state index >= 15 is 0 Å². The van der Waals surface area contributed by atoms with Gasteiger partial charge in [0.1, 0.15) is 0 Å². The Morgan fingerprint density at radius 2 is 2.06 bits per heavy atom. The molecule has 0 saturated heterocycles. The molecule has 2 atom stereocenters. The van der Waals surface area contributed by atoms with E-state index in [2.05, 4.69) is 5.32 Å². The average molecular weight is 253 g/mol. The second-order valence-electron chi connectivity index (χ2n) is 3.91. The van der Waals surface area contributed by atoms with Crippen molar-refractivity contribution in [2.45, 2.75) is 25.5 Å². The smallest absolute Gasteiger partial charge is 0.407 e. The molecule has 1 amide bonds. The molecule has 0 saturated carbocycles. The fourth-order valence-electron chi connectivity index (χ4n) is 1.60. The van der Waals surface area contributed by atoms with Gasteiger partial charge in [-0.3, -0.25) is 0 Å². The van der Waals surface area contributed by atoms with E-state index in [-0.39, 0.29) is 6.61 Å². The summed E-state index contributed by atoms with van der Waals surface area (Å²) in [6.07, 6.45) is -1.18. The van der Waals surface area contributed by atoms with E-state index in [9.17, 15) is 9.90 Å². The summed E-state index contributed by atoms with van der Waals surface area (Å²) >= 11 is 0. The number of carbonyl (C=O) groups is 1. The molecule has 5 nitrogen and oxygen atoms in total. The number of rotatable bonds is 6. The second kappa shape index (κ2) is 7.68. The summed E-state index contributed by atoms with van der Waals surface area (Å²) in [4.78, 5) is 11.3. The van der Waals surface area contributed by atoms with Gasteiger partial charge in [0.25, 0.3) is 0 Å². The Hall–Kier alpha value is -1.59. The first-order valence-corrected chi connectivity index (χ1v) is 5.93. The molecule has 0 aliphatic carbocycles. The molecule has 1 rings (SSSR count). The highest BCUT2D eigenvalue weighted by Gasteiger charge is 2.21. The van der Waals surface area contributed by atoms with Gasteiger partial charge in [-0.2, -0.15) is 0 Å². The van der Waals surface area contributed by atoms with Crippen LogP contribution in [0.5, 0.6) is 0 Å². The Bertz CT molecular complexity index is 355. The van der Waals surface area contributed by atoms with Crippen LogP contribution in [0.1, 0.15) is 12.5 Å². The molecule has 0 spiro atoms. The minimum atomic E-state index is -1.02. The molecule has 0 unspecified atom stereocenters. The highest BCUT2D eigenvalue weighted by molar-refractivity contribution is 5.67. The van der Waals surface area contributed by atoms with Gasteiger partial charge in [-0.25, -0.2) is 4.79 Å². The molecule has 0 aliphatic heterocycles. The molecule has 100 valence electrons. The van der Waals surface area contributed by atoms with Crippen LogP contribution < -0.4 is 5.32 Å². The predicted molar refractivity (Wildman–Crippen MR) is 67.2 cm³/mol. The summed E-state index contributed by atoms with van der Waals surface area (Å²) in [7, 11) is 0. The van der Waals surface area contributed by atoms with Crippen LogP contribution in [-0.4, -0.2) is 41.7 Å². The SMILES string of the molecule is CCOC(=O)N[C@@H](Cc1ccccc1)[C@@H](O)CO. The van der Waals surface area contributed by atoms with Gasteiger partial charge in [-0.05, 0) is 18.9 Å². The van der Waals surface area contributed by atoms with Crippen molar-refractivity contribution in [2.75, 3.05) is 13.2 Å². The first-order valence-electron chi connectivity index (χ1n) is 5.93. The average Bonchev–Trinajstić information content (AvgIpc) is 2.38. The van der Waals surface area contributed by atoms with Crippen LogP contribution in [0, 0.1) is 0 Å². The first kappa shape index (κ1) is 14.5. The molecule has 1 aromatic carbocycles. The topological polar surface area (TPSA) is 78.8 Å². The molecular formula is C13H19NO4. The lowest BCUT2D eigenvalue weighted by molar-refractivity contribution is 0.0589. The fraction of sp³-hybridized carbons (Fsp3) is 0.462. The number of hydrogen-bond acceptors (Lipinski definition) is 4. The van der Waals surface area contributed by atoms with Crippen LogP contribution in [0.4, 0.5) is 4.79 Å². The standard InChI is InChI=1S/C13H19NO4/c1-2-18-13(17)14-11(12(16)9-15)8-10-6-4-3-5-7-10/h3-7,11-12,15-16H,2,8-9H2,1H3,(H,14,17)/t11-,12-/m0/s1. The number of nitrogens with one attached hydrogen (secondary N) is 1. The summed E-state index contributed by atoms with van der Waals surface area (Å²) in [6, 6.07) is 8.86. The van der Waals surface area contributed by atoms with E-state index in [1.807, 2.05) is 30.3 Å². The first-order chi connectivity index (χ1) is 8.67. The van der Waals surface area contributed by atoms with Crippen LogP contribution in [-0.2, 0) is 11.2 Å². The molecule has 3 N–H and O–H groups in total. The lowest BCUT2D eigenvalue weighted by Crippen LogP contribution is -2.46. The van der Waals surface area contributed by atoms with Crippen molar-refractivity contribution in [1.29, 1.82) is 0 Å². The third-order valence-corrected chi connectivity index (χ3v) is 2.53. The van der Waals surface area contributed by atoms with Crippen molar-refractivity contribution >= 4 is 6.09 Å². The van der Waals surface area contributed by atoms with E-state index < -0.39 is 24.8 Å². The van der Waals surface area contributed by atoms with E-state index in [1.165, 1.54) is 0 Å². The van der Waals surface area contributed by atoms with Crippen LogP contribution >= 0.6 is 0 Å². The van der Waals surface area contributed by atoms with Crippen LogP contribution in [0.15, 0.2) is 30.3 Å². The number of carbonyl (C=O) groups excluding carboxylic acids is 1. The summed E-state index contributed by atoms with van der Waals surface area (Å²) < 4.78 is 4.76. The largest absolute Gasteiger partial charge is 0.450 e. The van der Waals surface area contributed by atoms with Crippen molar-refractivity contribution in [3.05, 3.63) is 35.9 Å². The van der Waals surface area contributed by atoms with E-state index in [1.54, 1.807) is 6.92 Å². The molecule has 0 aliphatic rings. The molecular weight excluding hydrogens is 234 g/mol. The minimum Gasteiger partial charge on any atom is -0.450 e. The van der Waals surface area contributed by atoms with Gasteiger partial charge in [-0.1, -0.05) is 30.3 Å². The number of benzene rings is 1. The molecule has 1 aromatic rings. The van der Waals surface area contributed by atoms with Crippen molar-refractivity contribution in [3.63, 3.8) is 0 Å². The summed E-state index contributed by atoms with van der Waals surface area (Å²) in [5.41, 5.74) is 0.965. The maximum Gasteiger partial charge on any atom is 0.407 e. The predicted octanol–water partition coefficient (Wildman–Crippen LogP) is 0.697. The van der Waals surface area contributed by atoms with Gasteiger partial charge in [0.05, 0.1) is 25.4 Å². The molecule has 18 heavy (non-hydrogen) atoms. The molecule has 0 aromatic heterocycles. The van der Waals surface area contributed by atoms with E-state index in [0.29, 0.717) is 6.42 Å². The lowest BCUT2D eigenvalue weighted by atomic mass is 10.0. The third-order valence-electron chi connectivity index (χ3n) is 2.53. The Morgan fingerprint density at radius 3 is 2.61 bits per heavy atom. The molecule has 0 bridgehead atoms. The molecule has 0 radical (unpaired) electrons. The van der Waals surface area contributed by atoms with Crippen LogP contribution in [0.3, 0.4) is 0 Å². The maximum atomic E-state index is 11.3. The Morgan fingerprint density at radius 1 is 1.39 bits per heavy atom.